The first-order valence-electron chi connectivity index (χ1n) is 5.83. The SMILES string of the molecule is CN(CC(=O)Nc1ccc(Cl)cc1Cl)CC(C)(C)O. The highest BCUT2D eigenvalue weighted by atomic mass is 35.5. The Morgan fingerprint density at radius 2 is 2.05 bits per heavy atom. The van der Waals surface area contributed by atoms with E-state index < -0.39 is 5.60 Å². The maximum Gasteiger partial charge on any atom is 0.238 e. The minimum atomic E-state index is -0.840. The van der Waals surface area contributed by atoms with Crippen LogP contribution in [0.1, 0.15) is 13.8 Å². The highest BCUT2D eigenvalue weighted by Gasteiger charge is 2.17. The van der Waals surface area contributed by atoms with E-state index in [0.29, 0.717) is 22.3 Å². The number of likely N-dealkylation sites (N-methyl/N-ethyl adjacent to an activating group) is 1. The summed E-state index contributed by atoms with van der Waals surface area (Å²) in [5.41, 5.74) is -0.319. The van der Waals surface area contributed by atoms with E-state index in [1.54, 1.807) is 44.0 Å². The Kier molecular flexibility index (Phi) is 5.62. The molecule has 0 heterocycles. The van der Waals surface area contributed by atoms with Gasteiger partial charge in [-0.15, -0.1) is 0 Å². The molecule has 1 rings (SSSR count). The van der Waals surface area contributed by atoms with Crippen LogP contribution in [0.2, 0.25) is 10.0 Å². The van der Waals surface area contributed by atoms with Crippen LogP contribution < -0.4 is 5.32 Å². The molecule has 1 amide bonds. The molecule has 1 aromatic carbocycles. The number of hydrogen-bond acceptors (Lipinski definition) is 3. The van der Waals surface area contributed by atoms with Gasteiger partial charge in [0.05, 0.1) is 22.9 Å². The molecule has 0 spiro atoms. The van der Waals surface area contributed by atoms with Crippen molar-refractivity contribution in [1.29, 1.82) is 0 Å². The lowest BCUT2D eigenvalue weighted by Crippen LogP contribution is -2.40. The van der Waals surface area contributed by atoms with Crippen LogP contribution in [0.15, 0.2) is 18.2 Å². The minimum absolute atomic E-state index is 0.170. The van der Waals surface area contributed by atoms with Crippen molar-refractivity contribution in [2.75, 3.05) is 25.5 Å². The van der Waals surface area contributed by atoms with Crippen molar-refractivity contribution in [3.05, 3.63) is 28.2 Å². The molecule has 0 unspecified atom stereocenters. The molecule has 2 N–H and O–H groups in total. The van der Waals surface area contributed by atoms with Crippen LogP contribution in [-0.2, 0) is 4.79 Å². The molecule has 4 nitrogen and oxygen atoms in total. The molecule has 1 aromatic rings. The van der Waals surface area contributed by atoms with E-state index in [1.165, 1.54) is 0 Å². The summed E-state index contributed by atoms with van der Waals surface area (Å²) < 4.78 is 0. The maximum absolute atomic E-state index is 11.8. The van der Waals surface area contributed by atoms with Gasteiger partial charge in [0.2, 0.25) is 5.91 Å². The average Bonchev–Trinajstić information content (AvgIpc) is 2.19. The summed E-state index contributed by atoms with van der Waals surface area (Å²) in [7, 11) is 1.76. The molecule has 0 atom stereocenters. The quantitative estimate of drug-likeness (QED) is 0.879. The van der Waals surface area contributed by atoms with Gasteiger partial charge < -0.3 is 10.4 Å². The molecule has 6 heteroatoms. The number of carbonyl (C=O) groups is 1. The van der Waals surface area contributed by atoms with Gasteiger partial charge >= 0.3 is 0 Å². The number of anilines is 1. The summed E-state index contributed by atoms with van der Waals surface area (Å²) in [5, 5.41) is 13.3. The number of nitrogens with zero attached hydrogens (tertiary/aromatic N) is 1. The number of nitrogens with one attached hydrogen (secondary N) is 1. The molecule has 106 valence electrons. The predicted octanol–water partition coefficient (Wildman–Crippen LogP) is 2.63. The van der Waals surface area contributed by atoms with Crippen LogP contribution in [0.25, 0.3) is 0 Å². The Morgan fingerprint density at radius 3 is 2.58 bits per heavy atom. The first-order valence-corrected chi connectivity index (χ1v) is 6.59. The normalized spacial score (nSPS) is 11.7. The molecular weight excluding hydrogens is 287 g/mol. The lowest BCUT2D eigenvalue weighted by Gasteiger charge is -2.24. The summed E-state index contributed by atoms with van der Waals surface area (Å²) in [6.07, 6.45) is 0. The van der Waals surface area contributed by atoms with Gasteiger partial charge in [0.25, 0.3) is 0 Å². The van der Waals surface area contributed by atoms with Gasteiger partial charge in [-0.2, -0.15) is 0 Å². The monoisotopic (exact) mass is 304 g/mol. The van der Waals surface area contributed by atoms with E-state index in [0.717, 1.165) is 0 Å². The summed E-state index contributed by atoms with van der Waals surface area (Å²) in [6.45, 7) is 3.95. The van der Waals surface area contributed by atoms with Crippen molar-refractivity contribution in [2.45, 2.75) is 19.4 Å². The largest absolute Gasteiger partial charge is 0.389 e. The standard InChI is InChI=1S/C13H18Cl2N2O2/c1-13(2,19)8-17(3)7-12(18)16-11-5-4-9(14)6-10(11)15/h4-6,19H,7-8H2,1-3H3,(H,16,18). The van der Waals surface area contributed by atoms with Crippen LogP contribution in [-0.4, -0.2) is 41.7 Å². The van der Waals surface area contributed by atoms with E-state index in [9.17, 15) is 9.90 Å². The first-order chi connectivity index (χ1) is 8.67. The summed E-state index contributed by atoms with van der Waals surface area (Å²) in [6, 6.07) is 4.88. The van der Waals surface area contributed by atoms with Crippen LogP contribution >= 0.6 is 23.2 Å². The van der Waals surface area contributed by atoms with Gasteiger partial charge in [-0.3, -0.25) is 9.69 Å². The Balaban J connectivity index is 2.56. The molecule has 0 aromatic heterocycles. The van der Waals surface area contributed by atoms with Crippen molar-refractivity contribution in [3.8, 4) is 0 Å². The third-order valence-corrected chi connectivity index (χ3v) is 2.82. The summed E-state index contributed by atoms with van der Waals surface area (Å²) >= 11 is 11.7. The third-order valence-electron chi connectivity index (χ3n) is 2.28. The predicted molar refractivity (Wildman–Crippen MR) is 78.9 cm³/mol. The molecule has 0 aliphatic heterocycles. The Labute approximate surface area is 123 Å². The van der Waals surface area contributed by atoms with Crippen molar-refractivity contribution in [3.63, 3.8) is 0 Å². The van der Waals surface area contributed by atoms with E-state index in [2.05, 4.69) is 5.32 Å². The van der Waals surface area contributed by atoms with Crippen LogP contribution in [0.5, 0.6) is 0 Å². The molecule has 0 saturated carbocycles. The number of amides is 1. The zero-order valence-electron chi connectivity index (χ0n) is 11.2. The number of benzene rings is 1. The lowest BCUT2D eigenvalue weighted by molar-refractivity contribution is -0.117. The van der Waals surface area contributed by atoms with Crippen molar-refractivity contribution in [2.24, 2.45) is 0 Å². The van der Waals surface area contributed by atoms with Gasteiger partial charge in [-0.25, -0.2) is 0 Å². The zero-order chi connectivity index (χ0) is 14.6. The highest BCUT2D eigenvalue weighted by molar-refractivity contribution is 6.36. The maximum atomic E-state index is 11.8. The Bertz CT molecular complexity index is 458. The second kappa shape index (κ2) is 6.57. The molecule has 0 saturated heterocycles. The summed E-state index contributed by atoms with van der Waals surface area (Å²) in [4.78, 5) is 13.6. The van der Waals surface area contributed by atoms with Crippen LogP contribution in [0.4, 0.5) is 5.69 Å². The second-order valence-electron chi connectivity index (χ2n) is 5.16. The third kappa shape index (κ3) is 6.25. The number of rotatable bonds is 5. The fraction of sp³-hybridized carbons (Fsp3) is 0.462. The summed E-state index contributed by atoms with van der Waals surface area (Å²) in [5.74, 6) is -0.198. The molecule has 0 radical (unpaired) electrons. The number of aliphatic hydroxyl groups is 1. The minimum Gasteiger partial charge on any atom is -0.389 e. The molecule has 0 bridgehead atoms. The van der Waals surface area contributed by atoms with Crippen molar-refractivity contribution >= 4 is 34.8 Å². The van der Waals surface area contributed by atoms with E-state index >= 15 is 0 Å². The molecule has 0 aliphatic carbocycles. The number of hydrogen-bond donors (Lipinski definition) is 2. The van der Waals surface area contributed by atoms with Gasteiger partial charge in [-0.05, 0) is 39.1 Å². The number of carbonyl (C=O) groups excluding carboxylic acids is 1. The van der Waals surface area contributed by atoms with E-state index in [1.807, 2.05) is 0 Å². The highest BCUT2D eigenvalue weighted by Crippen LogP contribution is 2.25. The Morgan fingerprint density at radius 1 is 1.42 bits per heavy atom. The molecule has 19 heavy (non-hydrogen) atoms. The molecule has 0 fully saturated rings. The topological polar surface area (TPSA) is 52.6 Å². The Hall–Kier alpha value is -0.810. The second-order valence-corrected chi connectivity index (χ2v) is 6.00. The van der Waals surface area contributed by atoms with E-state index in [-0.39, 0.29) is 12.5 Å². The number of halogens is 2. The average molecular weight is 305 g/mol. The van der Waals surface area contributed by atoms with Gasteiger partial charge in [0.1, 0.15) is 0 Å². The molecular formula is C13H18Cl2N2O2. The van der Waals surface area contributed by atoms with Crippen molar-refractivity contribution < 1.29 is 9.90 Å². The van der Waals surface area contributed by atoms with Gasteiger partial charge in [0.15, 0.2) is 0 Å². The van der Waals surface area contributed by atoms with Gasteiger partial charge in [0, 0.05) is 11.6 Å². The van der Waals surface area contributed by atoms with Crippen LogP contribution in [0, 0.1) is 0 Å². The smallest absolute Gasteiger partial charge is 0.238 e. The lowest BCUT2D eigenvalue weighted by atomic mass is 10.1. The van der Waals surface area contributed by atoms with Gasteiger partial charge in [-0.1, -0.05) is 23.2 Å². The first kappa shape index (κ1) is 16.2. The van der Waals surface area contributed by atoms with E-state index in [4.69, 9.17) is 23.2 Å². The fourth-order valence-electron chi connectivity index (χ4n) is 1.74. The molecule has 0 aliphatic rings. The van der Waals surface area contributed by atoms with Crippen LogP contribution in [0.3, 0.4) is 0 Å². The fourth-order valence-corrected chi connectivity index (χ4v) is 2.20. The zero-order valence-corrected chi connectivity index (χ0v) is 12.7. The van der Waals surface area contributed by atoms with Crippen molar-refractivity contribution in [1.82, 2.24) is 4.90 Å².